The summed E-state index contributed by atoms with van der Waals surface area (Å²) in [5, 5.41) is 0. The summed E-state index contributed by atoms with van der Waals surface area (Å²) < 4.78 is 63.2. The molecule has 0 spiro atoms. The van der Waals surface area contributed by atoms with Gasteiger partial charge in [-0.15, -0.1) is 0 Å². The van der Waals surface area contributed by atoms with E-state index in [0.29, 0.717) is 0 Å². The summed E-state index contributed by atoms with van der Waals surface area (Å²) >= 11 is 0. The van der Waals surface area contributed by atoms with Crippen molar-refractivity contribution >= 4 is 10.1 Å². The van der Waals surface area contributed by atoms with Crippen molar-refractivity contribution in [2.24, 2.45) is 7.05 Å². The van der Waals surface area contributed by atoms with Crippen LogP contribution in [0.5, 0.6) is 0 Å². The Morgan fingerprint density at radius 2 is 1.80 bits per heavy atom. The highest BCUT2D eigenvalue weighted by molar-refractivity contribution is 7.86. The number of unbranched alkanes of at least 4 members (excludes halogenated alkanes) is 3. The van der Waals surface area contributed by atoms with Crippen molar-refractivity contribution in [3.05, 3.63) is 18.7 Å². The normalized spacial score (nSPS) is 11.9. The van der Waals surface area contributed by atoms with Crippen molar-refractivity contribution in [1.82, 2.24) is 4.57 Å². The third-order valence-electron chi connectivity index (χ3n) is 2.38. The van der Waals surface area contributed by atoms with Crippen LogP contribution in [0.4, 0.5) is 13.2 Å². The zero-order valence-corrected chi connectivity index (χ0v) is 12.2. The first-order valence-electron chi connectivity index (χ1n) is 6.11. The zero-order valence-electron chi connectivity index (χ0n) is 11.4. The number of hydrogen-bond acceptors (Lipinski definition) is 3. The van der Waals surface area contributed by atoms with Gasteiger partial charge >= 0.3 is 5.51 Å². The van der Waals surface area contributed by atoms with Gasteiger partial charge in [0.2, 0.25) is 6.33 Å². The van der Waals surface area contributed by atoms with Crippen LogP contribution in [0.25, 0.3) is 0 Å². The van der Waals surface area contributed by atoms with Crippen LogP contribution < -0.4 is 4.57 Å². The summed E-state index contributed by atoms with van der Waals surface area (Å²) in [7, 11) is -4.03. The van der Waals surface area contributed by atoms with E-state index in [1.165, 1.54) is 32.2 Å². The van der Waals surface area contributed by atoms with Crippen molar-refractivity contribution < 1.29 is 30.7 Å². The summed E-state index contributed by atoms with van der Waals surface area (Å²) in [4.78, 5) is 0. The molecule has 0 aliphatic rings. The van der Waals surface area contributed by atoms with Crippen LogP contribution in [0.1, 0.15) is 32.6 Å². The average Bonchev–Trinajstić information content (AvgIpc) is 2.69. The van der Waals surface area contributed by atoms with E-state index in [4.69, 9.17) is 13.0 Å². The Morgan fingerprint density at radius 3 is 2.15 bits per heavy atom. The fraction of sp³-hybridized carbons (Fsp3) is 0.727. The molecule has 0 aliphatic heterocycles. The monoisotopic (exact) mass is 316 g/mol. The molecule has 0 fully saturated rings. The first-order valence-corrected chi connectivity index (χ1v) is 7.52. The molecule has 118 valence electrons. The molecule has 0 radical (unpaired) electrons. The van der Waals surface area contributed by atoms with Crippen molar-refractivity contribution in [2.75, 3.05) is 0 Å². The van der Waals surface area contributed by atoms with E-state index in [0.717, 1.165) is 0 Å². The highest BCUT2D eigenvalue weighted by Gasteiger charge is 2.36. The topological polar surface area (TPSA) is 66.0 Å². The van der Waals surface area contributed by atoms with Gasteiger partial charge in [0.05, 0.1) is 13.6 Å². The number of rotatable bonds is 5. The van der Waals surface area contributed by atoms with E-state index in [9.17, 15) is 13.2 Å². The second-order valence-electron chi connectivity index (χ2n) is 4.28. The number of nitrogens with zero attached hydrogens (tertiary/aromatic N) is 2. The minimum Gasteiger partial charge on any atom is -0.741 e. The zero-order chi connectivity index (χ0) is 15.8. The Labute approximate surface area is 116 Å². The van der Waals surface area contributed by atoms with Gasteiger partial charge in [-0.3, -0.25) is 0 Å². The molecular weight excluding hydrogens is 297 g/mol. The van der Waals surface area contributed by atoms with Gasteiger partial charge in [0, 0.05) is 0 Å². The molecule has 0 aromatic carbocycles. The second kappa shape index (κ2) is 8.25. The lowest BCUT2D eigenvalue weighted by Crippen LogP contribution is -2.30. The first-order chi connectivity index (χ1) is 9.08. The van der Waals surface area contributed by atoms with Crippen LogP contribution in [0.15, 0.2) is 18.7 Å². The quantitative estimate of drug-likeness (QED) is 0.361. The van der Waals surface area contributed by atoms with E-state index >= 15 is 0 Å². The predicted octanol–water partition coefficient (Wildman–Crippen LogP) is 1.94. The summed E-state index contributed by atoms with van der Waals surface area (Å²) in [5.74, 6) is 0. The van der Waals surface area contributed by atoms with E-state index in [2.05, 4.69) is 41.8 Å². The summed E-state index contributed by atoms with van der Waals surface area (Å²) in [6.45, 7) is 3.41. The molecular formula is C11H19F3N2O3S. The van der Waals surface area contributed by atoms with Gasteiger partial charge in [-0.1, -0.05) is 19.8 Å². The van der Waals surface area contributed by atoms with Gasteiger partial charge in [-0.2, -0.15) is 13.2 Å². The third-order valence-corrected chi connectivity index (χ3v) is 2.94. The van der Waals surface area contributed by atoms with E-state index in [-0.39, 0.29) is 0 Å². The van der Waals surface area contributed by atoms with Gasteiger partial charge in [-0.25, -0.2) is 17.6 Å². The minimum atomic E-state index is -6.09. The maximum absolute atomic E-state index is 10.7. The number of alkyl halides is 3. The van der Waals surface area contributed by atoms with Crippen molar-refractivity contribution in [1.29, 1.82) is 0 Å². The highest BCUT2D eigenvalue weighted by Crippen LogP contribution is 2.20. The Morgan fingerprint density at radius 1 is 1.25 bits per heavy atom. The molecule has 9 heteroatoms. The van der Waals surface area contributed by atoms with E-state index in [1.807, 2.05) is 0 Å². The van der Waals surface area contributed by atoms with Gasteiger partial charge in [-0.05, 0) is 12.8 Å². The Balaban J connectivity index is 0.000000396. The maximum Gasteiger partial charge on any atom is 0.485 e. The molecule has 20 heavy (non-hydrogen) atoms. The van der Waals surface area contributed by atoms with Gasteiger partial charge in [0.25, 0.3) is 0 Å². The number of halogens is 3. The number of aromatic nitrogens is 2. The fourth-order valence-electron chi connectivity index (χ4n) is 1.36. The molecule has 0 aliphatic carbocycles. The number of hydrogen-bond donors (Lipinski definition) is 0. The first kappa shape index (κ1) is 18.9. The van der Waals surface area contributed by atoms with Crippen LogP contribution in [0.2, 0.25) is 0 Å². The van der Waals surface area contributed by atoms with E-state index in [1.54, 1.807) is 0 Å². The molecule has 0 bridgehead atoms. The molecule has 0 saturated heterocycles. The summed E-state index contributed by atoms with van der Waals surface area (Å²) in [5.41, 5.74) is -5.65. The molecule has 1 heterocycles. The largest absolute Gasteiger partial charge is 0.741 e. The molecule has 0 unspecified atom stereocenters. The second-order valence-corrected chi connectivity index (χ2v) is 5.65. The smallest absolute Gasteiger partial charge is 0.485 e. The Kier molecular flexibility index (Phi) is 7.80. The molecule has 0 saturated carbocycles. The Bertz CT molecular complexity index is 483. The molecule has 1 aromatic rings. The summed E-state index contributed by atoms with van der Waals surface area (Å²) in [6, 6.07) is 0. The SMILES string of the molecule is CCCCCC[n+]1ccn(C)c1.O=S(=O)([O-])C(F)(F)F. The van der Waals surface area contributed by atoms with Crippen LogP contribution in [0, 0.1) is 0 Å². The lowest BCUT2D eigenvalue weighted by atomic mass is 10.2. The fourth-order valence-corrected chi connectivity index (χ4v) is 1.36. The van der Waals surface area contributed by atoms with Crippen LogP contribution >= 0.6 is 0 Å². The predicted molar refractivity (Wildman–Crippen MR) is 65.5 cm³/mol. The standard InChI is InChI=1S/C10H19N2.CHF3O3S/c1-3-4-5-6-7-12-9-8-11(2)10-12;2-1(3,4)8(5,6)7/h8-10H,3-7H2,1-2H3;(H,5,6,7)/q+1;/p-1. The lowest BCUT2D eigenvalue weighted by Gasteiger charge is -2.08. The number of aryl methyl sites for hydroxylation is 2. The van der Waals surface area contributed by atoms with Gasteiger partial charge in [0.1, 0.15) is 12.4 Å². The number of imidazole rings is 1. The molecule has 0 amide bonds. The molecule has 0 atom stereocenters. The molecule has 1 aromatic heterocycles. The lowest BCUT2D eigenvalue weighted by molar-refractivity contribution is -0.696. The third kappa shape index (κ3) is 8.16. The Hall–Kier alpha value is -1.09. The summed E-state index contributed by atoms with van der Waals surface area (Å²) in [6.07, 6.45) is 11.7. The highest BCUT2D eigenvalue weighted by atomic mass is 32.2. The average molecular weight is 316 g/mol. The molecule has 0 N–H and O–H groups in total. The van der Waals surface area contributed by atoms with Gasteiger partial charge < -0.3 is 4.55 Å². The van der Waals surface area contributed by atoms with E-state index < -0.39 is 15.6 Å². The molecule has 1 rings (SSSR count). The van der Waals surface area contributed by atoms with Crippen molar-refractivity contribution in [2.45, 2.75) is 44.7 Å². The van der Waals surface area contributed by atoms with Crippen LogP contribution in [-0.2, 0) is 23.7 Å². The minimum absolute atomic E-state index is 1.17. The van der Waals surface area contributed by atoms with Crippen molar-refractivity contribution in [3.63, 3.8) is 0 Å². The molecule has 5 nitrogen and oxygen atoms in total. The van der Waals surface area contributed by atoms with Crippen molar-refractivity contribution in [3.8, 4) is 0 Å². The maximum atomic E-state index is 10.7. The van der Waals surface area contributed by atoms with Gasteiger partial charge in [0.15, 0.2) is 10.1 Å². The van der Waals surface area contributed by atoms with Crippen LogP contribution in [0.3, 0.4) is 0 Å². The van der Waals surface area contributed by atoms with Crippen LogP contribution in [-0.4, -0.2) is 23.0 Å².